The minimum absolute atomic E-state index is 0.123. The largest absolute Gasteiger partial charge is 0.759 e. The number of nitrogens with zero attached hydrogens (tertiary/aromatic N) is 1. The Labute approximate surface area is 105 Å². The van der Waals surface area contributed by atoms with Crippen molar-refractivity contribution in [2.45, 2.75) is 0 Å². The molecule has 0 saturated carbocycles. The summed E-state index contributed by atoms with van der Waals surface area (Å²) in [5.41, 5.74) is 11.5. The van der Waals surface area contributed by atoms with Gasteiger partial charge in [-0.2, -0.15) is 0 Å². The first-order valence-corrected chi connectivity index (χ1v) is 6.06. The highest BCUT2D eigenvalue weighted by atomic mass is 32.3. The van der Waals surface area contributed by atoms with Gasteiger partial charge < -0.3 is 20.6 Å². The summed E-state index contributed by atoms with van der Waals surface area (Å²) in [6.45, 7) is 0.525. The smallest absolute Gasteiger partial charge is 0.186 e. The van der Waals surface area contributed by atoms with Gasteiger partial charge in [-0.3, -0.25) is 8.42 Å². The van der Waals surface area contributed by atoms with E-state index in [4.69, 9.17) is 29.0 Å². The van der Waals surface area contributed by atoms with Crippen molar-refractivity contribution in [2.75, 3.05) is 6.54 Å². The predicted octanol–water partition coefficient (Wildman–Crippen LogP) is -0.365. The third-order valence-electron chi connectivity index (χ3n) is 1.49. The predicted molar refractivity (Wildman–Crippen MR) is 66.6 cm³/mol. The van der Waals surface area contributed by atoms with Crippen LogP contribution in [0.25, 0.3) is 6.08 Å². The molecule has 0 unspecified atom stereocenters. The monoisotopic (exact) mass is 271 g/mol. The second-order valence-corrected chi connectivity index (χ2v) is 3.80. The van der Waals surface area contributed by atoms with Crippen LogP contribution < -0.4 is 11.5 Å². The van der Waals surface area contributed by atoms with E-state index in [1.165, 1.54) is 0 Å². The summed E-state index contributed by atoms with van der Waals surface area (Å²) in [6, 6.07) is 9.99. The highest BCUT2D eigenvalue weighted by Gasteiger charge is 1.81. The summed E-state index contributed by atoms with van der Waals surface area (Å²) in [5.74, 6) is 0.123. The lowest BCUT2D eigenvalue weighted by Gasteiger charge is -2.06. The van der Waals surface area contributed by atoms with Crippen LogP contribution in [0.1, 0.15) is 5.56 Å². The lowest BCUT2D eigenvalue weighted by atomic mass is 10.2. The van der Waals surface area contributed by atoms with Crippen LogP contribution in [0, 0.1) is 0 Å². The van der Waals surface area contributed by atoms with E-state index < -0.39 is 10.4 Å². The molecule has 1 aromatic carbocycles. The lowest BCUT2D eigenvalue weighted by Crippen LogP contribution is -2.22. The number of guanidine groups is 1. The Kier molecular flexibility index (Phi) is 7.36. The molecule has 0 heterocycles. The molecule has 0 spiro atoms. The van der Waals surface area contributed by atoms with Gasteiger partial charge in [0.2, 0.25) is 0 Å². The standard InChI is InChI=1S/C10H13N3.H2O4S/c11-10(12)13-8-4-7-9-5-2-1-3-6-9;1-5(2,3)4/h1-7H,8H2,(H4,11,12,13);(H2,1,2,3,4)/p-2/b7-4+;. The number of nitrogens with two attached hydrogens (primary N) is 2. The van der Waals surface area contributed by atoms with Gasteiger partial charge in [-0.25, -0.2) is 4.99 Å². The van der Waals surface area contributed by atoms with Gasteiger partial charge in [0.1, 0.15) is 0 Å². The van der Waals surface area contributed by atoms with Crippen molar-refractivity contribution >= 4 is 22.4 Å². The third kappa shape index (κ3) is 14.1. The van der Waals surface area contributed by atoms with Gasteiger partial charge in [0, 0.05) is 10.4 Å². The average molecular weight is 271 g/mol. The van der Waals surface area contributed by atoms with Gasteiger partial charge in [-0.15, -0.1) is 0 Å². The molecule has 1 rings (SSSR count). The second-order valence-electron chi connectivity index (χ2n) is 2.99. The SMILES string of the molecule is NC(N)=NC/C=C/c1ccccc1.O=S(=O)([O-])[O-]. The van der Waals surface area contributed by atoms with E-state index in [1.807, 2.05) is 42.5 Å². The van der Waals surface area contributed by atoms with Crippen LogP contribution in [0.2, 0.25) is 0 Å². The zero-order valence-corrected chi connectivity index (χ0v) is 10.2. The zero-order chi connectivity index (χ0) is 14.0. The Bertz CT molecular complexity index is 485. The maximum absolute atomic E-state index is 8.52. The number of hydrogen-bond acceptors (Lipinski definition) is 5. The molecule has 1 aromatic rings. The molecule has 7 nitrogen and oxygen atoms in total. The molecule has 18 heavy (non-hydrogen) atoms. The first-order valence-electron chi connectivity index (χ1n) is 4.72. The molecule has 8 heteroatoms. The van der Waals surface area contributed by atoms with Gasteiger partial charge in [0.15, 0.2) is 5.96 Å². The zero-order valence-electron chi connectivity index (χ0n) is 9.39. The van der Waals surface area contributed by atoms with E-state index in [0.29, 0.717) is 6.54 Å². The maximum Gasteiger partial charge on any atom is 0.186 e. The summed E-state index contributed by atoms with van der Waals surface area (Å²) < 4.78 is 34.1. The Morgan fingerprint density at radius 3 is 2.17 bits per heavy atom. The lowest BCUT2D eigenvalue weighted by molar-refractivity contribution is 0.352. The van der Waals surface area contributed by atoms with Crippen LogP contribution >= 0.6 is 0 Å². The van der Waals surface area contributed by atoms with Crippen molar-refractivity contribution in [1.29, 1.82) is 0 Å². The quantitative estimate of drug-likeness (QED) is 0.332. The van der Waals surface area contributed by atoms with Crippen molar-refractivity contribution in [3.8, 4) is 0 Å². The number of aliphatic imine (C=N–C) groups is 1. The maximum atomic E-state index is 8.52. The van der Waals surface area contributed by atoms with Crippen LogP contribution in [0.15, 0.2) is 41.4 Å². The van der Waals surface area contributed by atoms with Gasteiger partial charge in [-0.1, -0.05) is 42.5 Å². The number of rotatable bonds is 3. The van der Waals surface area contributed by atoms with Gasteiger partial charge in [0.25, 0.3) is 0 Å². The van der Waals surface area contributed by atoms with Crippen LogP contribution in [-0.2, 0) is 10.4 Å². The minimum atomic E-state index is -5.17. The molecular formula is C10H13N3O4S-2. The fourth-order valence-corrected chi connectivity index (χ4v) is 0.911. The fraction of sp³-hybridized carbons (Fsp3) is 0.100. The van der Waals surface area contributed by atoms with Crippen LogP contribution in [0.3, 0.4) is 0 Å². The average Bonchev–Trinajstić information content (AvgIpc) is 2.23. The van der Waals surface area contributed by atoms with E-state index in [1.54, 1.807) is 0 Å². The topological polar surface area (TPSA) is 145 Å². The molecule has 0 aromatic heterocycles. The summed E-state index contributed by atoms with van der Waals surface area (Å²) in [4.78, 5) is 3.83. The van der Waals surface area contributed by atoms with Crippen LogP contribution in [0.5, 0.6) is 0 Å². The normalized spacial score (nSPS) is 10.6. The molecule has 4 N–H and O–H groups in total. The van der Waals surface area contributed by atoms with E-state index in [2.05, 4.69) is 4.99 Å². The Hall–Kier alpha value is -1.90. The molecule has 0 aliphatic heterocycles. The summed E-state index contributed by atoms with van der Waals surface area (Å²) in [6.07, 6.45) is 3.89. The van der Waals surface area contributed by atoms with Gasteiger partial charge >= 0.3 is 0 Å². The molecule has 0 fully saturated rings. The Morgan fingerprint density at radius 2 is 1.72 bits per heavy atom. The minimum Gasteiger partial charge on any atom is -0.759 e. The first kappa shape index (κ1) is 16.1. The fourth-order valence-electron chi connectivity index (χ4n) is 0.911. The molecule has 0 amide bonds. The molecule has 100 valence electrons. The van der Waals surface area contributed by atoms with Gasteiger partial charge in [0.05, 0.1) is 6.54 Å². The summed E-state index contributed by atoms with van der Waals surface area (Å²) >= 11 is 0. The third-order valence-corrected chi connectivity index (χ3v) is 1.49. The summed E-state index contributed by atoms with van der Waals surface area (Å²) in [5, 5.41) is 0. The molecule has 0 aliphatic carbocycles. The molecular weight excluding hydrogens is 258 g/mol. The van der Waals surface area contributed by atoms with Crippen molar-refractivity contribution in [2.24, 2.45) is 16.5 Å². The van der Waals surface area contributed by atoms with Crippen molar-refractivity contribution in [1.82, 2.24) is 0 Å². The first-order chi connectivity index (χ1) is 8.29. The van der Waals surface area contributed by atoms with E-state index in [-0.39, 0.29) is 5.96 Å². The number of benzene rings is 1. The van der Waals surface area contributed by atoms with E-state index >= 15 is 0 Å². The van der Waals surface area contributed by atoms with E-state index in [9.17, 15) is 0 Å². The Balaban J connectivity index is 0.000000494. The highest BCUT2D eigenvalue weighted by molar-refractivity contribution is 7.79. The van der Waals surface area contributed by atoms with Crippen molar-refractivity contribution in [3.63, 3.8) is 0 Å². The molecule has 0 saturated heterocycles. The van der Waals surface area contributed by atoms with Crippen LogP contribution in [-0.4, -0.2) is 30.0 Å². The molecule has 0 bridgehead atoms. The van der Waals surface area contributed by atoms with Crippen molar-refractivity contribution < 1.29 is 17.5 Å². The summed E-state index contributed by atoms with van der Waals surface area (Å²) in [7, 11) is -5.17. The second kappa shape index (κ2) is 8.23. The van der Waals surface area contributed by atoms with E-state index in [0.717, 1.165) is 5.56 Å². The highest BCUT2D eigenvalue weighted by Crippen LogP contribution is 2.00. The molecule has 0 aliphatic rings. The van der Waals surface area contributed by atoms with Gasteiger partial charge in [-0.05, 0) is 5.56 Å². The molecule has 0 atom stereocenters. The Morgan fingerprint density at radius 1 is 1.22 bits per heavy atom. The van der Waals surface area contributed by atoms with Crippen molar-refractivity contribution in [3.05, 3.63) is 42.0 Å². The van der Waals surface area contributed by atoms with Crippen LogP contribution in [0.4, 0.5) is 0 Å². The number of hydrogen-bond donors (Lipinski definition) is 2. The molecule has 0 radical (unpaired) electrons.